The number of rotatable bonds is 7. The number of amides is 1. The van der Waals surface area contributed by atoms with E-state index in [9.17, 15) is 9.18 Å². The van der Waals surface area contributed by atoms with E-state index in [0.717, 1.165) is 27.6 Å². The highest BCUT2D eigenvalue weighted by Crippen LogP contribution is 2.34. The summed E-state index contributed by atoms with van der Waals surface area (Å²) in [6.45, 7) is 0.140. The van der Waals surface area contributed by atoms with Crippen LogP contribution in [-0.2, 0) is 6.61 Å². The van der Waals surface area contributed by atoms with Gasteiger partial charge in [-0.05, 0) is 60.2 Å². The van der Waals surface area contributed by atoms with Crippen LogP contribution in [0, 0.1) is 5.82 Å². The van der Waals surface area contributed by atoms with E-state index >= 15 is 0 Å². The van der Waals surface area contributed by atoms with Gasteiger partial charge in [-0.15, -0.1) is 0 Å². The number of anilines is 1. The molecule has 0 aliphatic heterocycles. The summed E-state index contributed by atoms with van der Waals surface area (Å²) >= 11 is 0. The van der Waals surface area contributed by atoms with Crippen molar-refractivity contribution in [3.8, 4) is 17.4 Å². The zero-order valence-corrected chi connectivity index (χ0v) is 21.3. The average Bonchev–Trinajstić information content (AvgIpc) is 3.66. The molecule has 0 saturated heterocycles. The number of nitrogens with zero attached hydrogens (tertiary/aromatic N) is 4. The van der Waals surface area contributed by atoms with Crippen molar-refractivity contribution in [2.75, 3.05) is 5.32 Å². The molecule has 0 spiro atoms. The number of H-pyrrole nitrogens is 2. The van der Waals surface area contributed by atoms with Crippen LogP contribution in [0.3, 0.4) is 0 Å². The van der Waals surface area contributed by atoms with Gasteiger partial charge in [0, 0.05) is 11.8 Å². The monoisotopic (exact) mass is 545 g/mol. The molecule has 7 rings (SSSR count). The number of aromatic nitrogens is 6. The second-order valence-electron chi connectivity index (χ2n) is 9.19. The number of hydrogen-bond donors (Lipinski definition) is 3. The minimum atomic E-state index is -0.533. The molecule has 0 unspecified atom stereocenters. The fourth-order valence-electron chi connectivity index (χ4n) is 4.42. The second-order valence-corrected chi connectivity index (χ2v) is 9.19. The Hall–Kier alpha value is -5.84. The highest BCUT2D eigenvalue weighted by Gasteiger charge is 2.21. The summed E-state index contributed by atoms with van der Waals surface area (Å²) in [6.07, 6.45) is 3.19. The molecule has 0 atom stereocenters. The van der Waals surface area contributed by atoms with Crippen LogP contribution in [-0.4, -0.2) is 35.8 Å². The lowest BCUT2D eigenvalue weighted by atomic mass is 10.2. The lowest BCUT2D eigenvalue weighted by Gasteiger charge is -2.15. The molecular formula is C30H20FN7O3. The quantitative estimate of drug-likeness (QED) is 0.219. The molecule has 3 aromatic heterocycles. The van der Waals surface area contributed by atoms with Crippen LogP contribution in [0.2, 0.25) is 0 Å². The number of para-hydroxylation sites is 2. The van der Waals surface area contributed by atoms with E-state index in [1.807, 2.05) is 24.3 Å². The van der Waals surface area contributed by atoms with Crippen LogP contribution in [0.4, 0.5) is 10.1 Å². The first-order valence-electron chi connectivity index (χ1n) is 12.6. The molecule has 3 N–H and O–H groups in total. The molecule has 0 aliphatic rings. The van der Waals surface area contributed by atoms with Gasteiger partial charge in [-0.3, -0.25) is 4.79 Å². The zero-order chi connectivity index (χ0) is 27.8. The molecule has 0 aliphatic carbocycles. The molecular weight excluding hydrogens is 525 g/mol. The summed E-state index contributed by atoms with van der Waals surface area (Å²) in [4.78, 5) is 37.1. The van der Waals surface area contributed by atoms with E-state index in [2.05, 4.69) is 35.2 Å². The fraction of sp³-hybridized carbons (Fsp3) is 0.0333. The van der Waals surface area contributed by atoms with Crippen LogP contribution >= 0.6 is 0 Å². The predicted octanol–water partition coefficient (Wildman–Crippen LogP) is 6.15. The second kappa shape index (κ2) is 10.0. The summed E-state index contributed by atoms with van der Waals surface area (Å²) < 4.78 is 26.3. The molecule has 4 aromatic carbocycles. The van der Waals surface area contributed by atoms with Crippen molar-refractivity contribution >= 4 is 44.7 Å². The molecule has 0 radical (unpaired) electrons. The normalized spacial score (nSPS) is 11.2. The van der Waals surface area contributed by atoms with Crippen LogP contribution < -0.4 is 14.8 Å². The number of fused-ring (bicyclic) bond motifs is 3. The van der Waals surface area contributed by atoms with Gasteiger partial charge < -0.3 is 24.8 Å². The van der Waals surface area contributed by atoms with Crippen LogP contribution in [0.15, 0.2) is 91.5 Å². The minimum Gasteiger partial charge on any atom is -0.485 e. The van der Waals surface area contributed by atoms with E-state index < -0.39 is 11.7 Å². The maximum atomic E-state index is 14.3. The van der Waals surface area contributed by atoms with Crippen LogP contribution in [0.25, 0.3) is 33.1 Å². The highest BCUT2D eigenvalue weighted by molar-refractivity contribution is 6.06. The average molecular weight is 546 g/mol. The van der Waals surface area contributed by atoms with Gasteiger partial charge in [0.1, 0.15) is 12.4 Å². The first kappa shape index (κ1) is 24.2. The van der Waals surface area contributed by atoms with Gasteiger partial charge in [-0.1, -0.05) is 18.2 Å². The largest absolute Gasteiger partial charge is 0.485 e. The molecule has 200 valence electrons. The molecule has 3 heterocycles. The molecule has 1 amide bonds. The molecule has 7 aromatic rings. The van der Waals surface area contributed by atoms with E-state index in [1.165, 1.54) is 18.2 Å². The summed E-state index contributed by atoms with van der Waals surface area (Å²) in [5.74, 6) is -0.783. The maximum absolute atomic E-state index is 14.3. The van der Waals surface area contributed by atoms with E-state index in [-0.39, 0.29) is 29.7 Å². The van der Waals surface area contributed by atoms with E-state index in [4.69, 9.17) is 9.47 Å². The van der Waals surface area contributed by atoms with Crippen LogP contribution in [0.5, 0.6) is 17.4 Å². The Labute approximate surface area is 231 Å². The number of halogens is 1. The Bertz CT molecular complexity index is 2070. The Morgan fingerprint density at radius 3 is 2.32 bits per heavy atom. The van der Waals surface area contributed by atoms with E-state index in [1.54, 1.807) is 49.1 Å². The van der Waals surface area contributed by atoms with Crippen molar-refractivity contribution in [3.63, 3.8) is 0 Å². The zero-order valence-electron chi connectivity index (χ0n) is 21.3. The number of nitrogens with one attached hydrogen (secondary N) is 3. The third kappa shape index (κ3) is 4.87. The van der Waals surface area contributed by atoms with Crippen molar-refractivity contribution in [1.82, 2.24) is 29.9 Å². The summed E-state index contributed by atoms with van der Waals surface area (Å²) in [6, 6.07) is 22.0. The number of ether oxygens (including phenoxy) is 2. The van der Waals surface area contributed by atoms with E-state index in [0.29, 0.717) is 16.7 Å². The highest BCUT2D eigenvalue weighted by atomic mass is 19.1. The third-order valence-corrected chi connectivity index (χ3v) is 6.42. The standard InChI is InChI=1S/C30H20FN7O3/c31-18-6-10-26(27(12-18)40-14-17-5-8-20-24(11-17)34-15-32-20)41-30-28(37-22-3-1-2-4-23(22)38-30)29(39)36-19-7-9-21-25(13-19)35-16-33-21/h1-13,15-16H,14H2,(H,32,34)(H,33,35)(H,36,39). The minimum absolute atomic E-state index is 0.0478. The summed E-state index contributed by atoms with van der Waals surface area (Å²) in [5.41, 5.74) is 5.59. The van der Waals surface area contributed by atoms with Crippen molar-refractivity contribution in [1.29, 1.82) is 0 Å². The van der Waals surface area contributed by atoms with Crippen molar-refractivity contribution in [2.24, 2.45) is 0 Å². The van der Waals surface area contributed by atoms with Gasteiger partial charge in [0.25, 0.3) is 11.8 Å². The van der Waals surface area contributed by atoms with Gasteiger partial charge in [-0.25, -0.2) is 24.3 Å². The number of imidazole rings is 2. The third-order valence-electron chi connectivity index (χ3n) is 6.42. The van der Waals surface area contributed by atoms with Crippen molar-refractivity contribution in [2.45, 2.75) is 6.61 Å². The summed E-state index contributed by atoms with van der Waals surface area (Å²) in [7, 11) is 0. The molecule has 10 nitrogen and oxygen atoms in total. The lowest BCUT2D eigenvalue weighted by Crippen LogP contribution is -2.16. The first-order valence-corrected chi connectivity index (χ1v) is 12.6. The van der Waals surface area contributed by atoms with Crippen molar-refractivity contribution < 1.29 is 18.7 Å². The Balaban J connectivity index is 1.21. The van der Waals surface area contributed by atoms with Crippen LogP contribution in [0.1, 0.15) is 16.1 Å². The molecule has 0 fully saturated rings. The Morgan fingerprint density at radius 2 is 1.51 bits per heavy atom. The van der Waals surface area contributed by atoms with Crippen molar-refractivity contribution in [3.05, 3.63) is 109 Å². The Kier molecular flexibility index (Phi) is 5.93. The fourth-order valence-corrected chi connectivity index (χ4v) is 4.42. The SMILES string of the molecule is O=C(Nc1ccc2nc[nH]c2c1)c1nc2ccccc2nc1Oc1ccc(F)cc1OCc1ccc2nc[nH]c2c1. The number of benzene rings is 4. The number of aromatic amines is 2. The first-order chi connectivity index (χ1) is 20.1. The molecule has 0 bridgehead atoms. The molecule has 11 heteroatoms. The topological polar surface area (TPSA) is 131 Å². The number of carbonyl (C=O) groups is 1. The van der Waals surface area contributed by atoms with Gasteiger partial charge in [0.2, 0.25) is 0 Å². The van der Waals surface area contributed by atoms with Gasteiger partial charge >= 0.3 is 0 Å². The Morgan fingerprint density at radius 1 is 0.780 bits per heavy atom. The van der Waals surface area contributed by atoms with Gasteiger partial charge in [0.15, 0.2) is 17.2 Å². The van der Waals surface area contributed by atoms with Gasteiger partial charge in [-0.2, -0.15) is 0 Å². The smallest absolute Gasteiger partial charge is 0.279 e. The maximum Gasteiger partial charge on any atom is 0.279 e. The number of hydrogen-bond acceptors (Lipinski definition) is 7. The molecule has 0 saturated carbocycles. The van der Waals surface area contributed by atoms with Gasteiger partial charge in [0.05, 0.1) is 45.8 Å². The lowest BCUT2D eigenvalue weighted by molar-refractivity contribution is 0.101. The summed E-state index contributed by atoms with van der Waals surface area (Å²) in [5, 5.41) is 2.85. The predicted molar refractivity (Wildman–Crippen MR) is 150 cm³/mol. The number of carbonyl (C=O) groups excluding carboxylic acids is 1. The molecule has 41 heavy (non-hydrogen) atoms.